The van der Waals surface area contributed by atoms with Crippen molar-refractivity contribution in [3.8, 4) is 11.1 Å². The summed E-state index contributed by atoms with van der Waals surface area (Å²) >= 11 is 0. The van der Waals surface area contributed by atoms with Crippen molar-refractivity contribution >= 4 is 5.57 Å². The standard InChI is InChI=1S/C39H44F6/c1-3-5-6-7-29-19-20-30(36(42)35(29)41)27-14-10-24(11-15-27)8-9-25-12-16-28(17-13-25)31-22-23-33(39(45)37(31)43)32-21-18-26(4-2)34(40)38(32)44/h14,18-25,28H,3-13,15-17H2,1-2H3. The Morgan fingerprint density at radius 1 is 0.578 bits per heavy atom. The molecule has 1 atom stereocenters. The third-order valence-corrected chi connectivity index (χ3v) is 10.3. The van der Waals surface area contributed by atoms with Gasteiger partial charge < -0.3 is 0 Å². The fourth-order valence-electron chi connectivity index (χ4n) is 7.38. The van der Waals surface area contributed by atoms with Gasteiger partial charge in [-0.15, -0.1) is 0 Å². The normalized spacial score (nSPS) is 20.4. The van der Waals surface area contributed by atoms with Crippen LogP contribution in [0.2, 0.25) is 0 Å². The van der Waals surface area contributed by atoms with Crippen LogP contribution >= 0.6 is 0 Å². The Hall–Kier alpha value is -3.02. The molecule has 0 bridgehead atoms. The first-order valence-corrected chi connectivity index (χ1v) is 16.8. The molecule has 0 saturated heterocycles. The Morgan fingerprint density at radius 2 is 1.18 bits per heavy atom. The van der Waals surface area contributed by atoms with E-state index in [0.717, 1.165) is 82.6 Å². The largest absolute Gasteiger partial charge is 0.203 e. The van der Waals surface area contributed by atoms with E-state index in [9.17, 15) is 17.6 Å². The van der Waals surface area contributed by atoms with E-state index in [4.69, 9.17) is 0 Å². The van der Waals surface area contributed by atoms with E-state index in [1.54, 1.807) is 19.1 Å². The molecule has 5 rings (SSSR count). The fraction of sp³-hybridized carbons (Fsp3) is 0.487. The maximum absolute atomic E-state index is 15.2. The van der Waals surface area contributed by atoms with Gasteiger partial charge in [-0.25, -0.2) is 26.3 Å². The molecule has 0 N–H and O–H groups in total. The lowest BCUT2D eigenvalue weighted by Crippen LogP contribution is -2.16. The molecule has 2 aliphatic rings. The topological polar surface area (TPSA) is 0 Å². The molecule has 0 spiro atoms. The number of aryl methyl sites for hydroxylation is 2. The molecule has 0 nitrogen and oxygen atoms in total. The summed E-state index contributed by atoms with van der Waals surface area (Å²) in [6, 6.07) is 9.12. The Kier molecular flexibility index (Phi) is 11.1. The molecule has 0 aliphatic heterocycles. The van der Waals surface area contributed by atoms with Gasteiger partial charge in [0.05, 0.1) is 0 Å². The average Bonchev–Trinajstić information content (AvgIpc) is 3.06. The third-order valence-electron chi connectivity index (χ3n) is 10.3. The smallest absolute Gasteiger partial charge is 0.167 e. The predicted molar refractivity (Wildman–Crippen MR) is 170 cm³/mol. The number of halogens is 6. The summed E-state index contributed by atoms with van der Waals surface area (Å²) < 4.78 is 88.9. The summed E-state index contributed by atoms with van der Waals surface area (Å²) in [7, 11) is 0. The van der Waals surface area contributed by atoms with Crippen molar-refractivity contribution in [2.75, 3.05) is 0 Å². The Balaban J connectivity index is 1.13. The Morgan fingerprint density at radius 3 is 1.84 bits per heavy atom. The first-order chi connectivity index (χ1) is 21.7. The third kappa shape index (κ3) is 7.36. The van der Waals surface area contributed by atoms with Crippen LogP contribution in [0.15, 0.2) is 42.5 Å². The molecule has 1 unspecified atom stereocenters. The number of hydrogen-bond acceptors (Lipinski definition) is 0. The SMILES string of the molecule is CCCCCc1ccc(C2=CCC(CCC3CCC(c4ccc(-c5ccc(CC)c(F)c5F)c(F)c4F)CC3)CC2)c(F)c1F. The Bertz CT molecular complexity index is 1510. The molecule has 242 valence electrons. The van der Waals surface area contributed by atoms with Gasteiger partial charge in [-0.3, -0.25) is 0 Å². The zero-order valence-corrected chi connectivity index (χ0v) is 26.4. The highest BCUT2D eigenvalue weighted by atomic mass is 19.2. The van der Waals surface area contributed by atoms with Crippen LogP contribution in [0.25, 0.3) is 16.7 Å². The highest BCUT2D eigenvalue weighted by molar-refractivity contribution is 5.67. The second-order valence-electron chi connectivity index (χ2n) is 13.1. The number of unbranched alkanes of at least 4 members (excludes halogenated alkanes) is 2. The molecule has 1 fully saturated rings. The second kappa shape index (κ2) is 15.0. The summed E-state index contributed by atoms with van der Waals surface area (Å²) in [4.78, 5) is 0. The van der Waals surface area contributed by atoms with Crippen LogP contribution in [-0.2, 0) is 12.8 Å². The van der Waals surface area contributed by atoms with E-state index in [0.29, 0.717) is 41.4 Å². The molecule has 3 aromatic rings. The van der Waals surface area contributed by atoms with E-state index >= 15 is 8.78 Å². The van der Waals surface area contributed by atoms with Crippen molar-refractivity contribution < 1.29 is 26.3 Å². The van der Waals surface area contributed by atoms with Gasteiger partial charge >= 0.3 is 0 Å². The number of rotatable bonds is 11. The van der Waals surface area contributed by atoms with E-state index in [-0.39, 0.29) is 22.6 Å². The van der Waals surface area contributed by atoms with Gasteiger partial charge in [0.25, 0.3) is 0 Å². The van der Waals surface area contributed by atoms with E-state index < -0.39 is 34.9 Å². The monoisotopic (exact) mass is 626 g/mol. The average molecular weight is 627 g/mol. The molecular weight excluding hydrogens is 582 g/mol. The van der Waals surface area contributed by atoms with Crippen molar-refractivity contribution in [2.24, 2.45) is 11.8 Å². The van der Waals surface area contributed by atoms with Crippen LogP contribution in [0.1, 0.15) is 119 Å². The molecule has 0 amide bonds. The van der Waals surface area contributed by atoms with Gasteiger partial charge in [0.15, 0.2) is 34.9 Å². The van der Waals surface area contributed by atoms with Gasteiger partial charge in [-0.1, -0.05) is 75.6 Å². The number of allylic oxidation sites excluding steroid dienone is 2. The van der Waals surface area contributed by atoms with Gasteiger partial charge in [-0.05, 0) is 111 Å². The molecule has 45 heavy (non-hydrogen) atoms. The van der Waals surface area contributed by atoms with Crippen molar-refractivity contribution in [1.29, 1.82) is 0 Å². The zero-order valence-electron chi connectivity index (χ0n) is 26.4. The van der Waals surface area contributed by atoms with Crippen molar-refractivity contribution in [3.05, 3.63) is 99.6 Å². The quantitative estimate of drug-likeness (QED) is 0.147. The first-order valence-electron chi connectivity index (χ1n) is 16.8. The second-order valence-corrected chi connectivity index (χ2v) is 13.1. The molecule has 3 aromatic carbocycles. The van der Waals surface area contributed by atoms with Crippen molar-refractivity contribution in [1.82, 2.24) is 0 Å². The van der Waals surface area contributed by atoms with Crippen LogP contribution in [0, 0.1) is 46.7 Å². The van der Waals surface area contributed by atoms with Crippen molar-refractivity contribution in [2.45, 2.75) is 110 Å². The summed E-state index contributed by atoms with van der Waals surface area (Å²) in [6.07, 6.45) is 13.9. The summed E-state index contributed by atoms with van der Waals surface area (Å²) in [5.74, 6) is -4.79. The maximum atomic E-state index is 15.2. The maximum Gasteiger partial charge on any atom is 0.167 e. The van der Waals surface area contributed by atoms with Gasteiger partial charge in [0.1, 0.15) is 0 Å². The van der Waals surface area contributed by atoms with E-state index in [2.05, 4.69) is 13.0 Å². The van der Waals surface area contributed by atoms with E-state index in [1.807, 2.05) is 0 Å². The van der Waals surface area contributed by atoms with Crippen molar-refractivity contribution in [3.63, 3.8) is 0 Å². The lowest BCUT2D eigenvalue weighted by atomic mass is 9.75. The van der Waals surface area contributed by atoms with Crippen LogP contribution in [0.4, 0.5) is 26.3 Å². The molecule has 1 saturated carbocycles. The van der Waals surface area contributed by atoms with Gasteiger partial charge in [0, 0.05) is 16.7 Å². The summed E-state index contributed by atoms with van der Waals surface area (Å²) in [6.45, 7) is 3.79. The predicted octanol–water partition coefficient (Wildman–Crippen LogP) is 12.4. The highest BCUT2D eigenvalue weighted by Crippen LogP contribution is 2.42. The minimum Gasteiger partial charge on any atom is -0.203 e. The van der Waals surface area contributed by atoms with Crippen LogP contribution in [0.3, 0.4) is 0 Å². The molecule has 6 heteroatoms. The minimum atomic E-state index is -1.15. The number of benzene rings is 3. The minimum absolute atomic E-state index is 0.109. The van der Waals surface area contributed by atoms with E-state index in [1.165, 1.54) is 24.3 Å². The lowest BCUT2D eigenvalue weighted by Gasteiger charge is -2.31. The summed E-state index contributed by atoms with van der Waals surface area (Å²) in [5.41, 5.74) is 1.73. The van der Waals surface area contributed by atoms with Gasteiger partial charge in [0.2, 0.25) is 0 Å². The van der Waals surface area contributed by atoms with Crippen LogP contribution < -0.4 is 0 Å². The molecule has 0 heterocycles. The molecule has 2 aliphatic carbocycles. The lowest BCUT2D eigenvalue weighted by molar-refractivity contribution is 0.278. The molecular formula is C39H44F6. The molecule has 0 aromatic heterocycles. The summed E-state index contributed by atoms with van der Waals surface area (Å²) in [5, 5.41) is 0. The van der Waals surface area contributed by atoms with Crippen LogP contribution in [0.5, 0.6) is 0 Å². The van der Waals surface area contributed by atoms with Gasteiger partial charge in [-0.2, -0.15) is 0 Å². The number of hydrogen-bond donors (Lipinski definition) is 0. The van der Waals surface area contributed by atoms with Crippen LogP contribution in [-0.4, -0.2) is 0 Å². The molecule has 0 radical (unpaired) electrons. The Labute approximate surface area is 264 Å². The highest BCUT2D eigenvalue weighted by Gasteiger charge is 2.28. The zero-order chi connectivity index (χ0) is 32.1. The first kappa shape index (κ1) is 33.3. The fourth-order valence-corrected chi connectivity index (χ4v) is 7.38.